The van der Waals surface area contributed by atoms with E-state index in [1.807, 2.05) is 24.3 Å². The molecular weight excluding hydrogens is 226 g/mol. The summed E-state index contributed by atoms with van der Waals surface area (Å²) in [7, 11) is 1.64. The van der Waals surface area contributed by atoms with Crippen molar-refractivity contribution in [3.63, 3.8) is 0 Å². The summed E-state index contributed by atoms with van der Waals surface area (Å²) in [6, 6.07) is 8.21. The van der Waals surface area contributed by atoms with Crippen LogP contribution in [0.25, 0.3) is 0 Å². The zero-order valence-corrected chi connectivity index (χ0v) is 10.6. The zero-order chi connectivity index (χ0) is 12.8. The lowest BCUT2D eigenvalue weighted by Crippen LogP contribution is -2.18. The van der Waals surface area contributed by atoms with Crippen LogP contribution in [0.2, 0.25) is 0 Å². The Bertz CT molecular complexity index is 487. The molecule has 4 heteroatoms. The molecule has 0 aromatic carbocycles. The van der Waals surface area contributed by atoms with E-state index in [1.165, 1.54) is 5.56 Å². The van der Waals surface area contributed by atoms with Crippen LogP contribution in [0.3, 0.4) is 0 Å². The number of methoxy groups -OCH3 is 1. The van der Waals surface area contributed by atoms with Gasteiger partial charge in [-0.2, -0.15) is 0 Å². The van der Waals surface area contributed by atoms with Gasteiger partial charge in [0.1, 0.15) is 0 Å². The van der Waals surface area contributed by atoms with Crippen LogP contribution in [0.5, 0.6) is 5.88 Å². The predicted octanol–water partition coefficient (Wildman–Crippen LogP) is 2.34. The normalized spacial score (nSPS) is 12.1. The second-order valence-electron chi connectivity index (χ2n) is 4.05. The molecule has 2 rings (SSSR count). The third-order valence-corrected chi connectivity index (χ3v) is 2.85. The van der Waals surface area contributed by atoms with E-state index in [1.54, 1.807) is 25.7 Å². The van der Waals surface area contributed by atoms with Crippen LogP contribution in [-0.2, 0) is 6.54 Å². The third kappa shape index (κ3) is 3.05. The van der Waals surface area contributed by atoms with Crippen molar-refractivity contribution >= 4 is 0 Å². The quantitative estimate of drug-likeness (QED) is 0.875. The van der Waals surface area contributed by atoms with Crippen molar-refractivity contribution in [2.24, 2.45) is 0 Å². The molecule has 1 atom stereocenters. The Morgan fingerprint density at radius 2 is 2.00 bits per heavy atom. The van der Waals surface area contributed by atoms with Crippen LogP contribution in [0, 0.1) is 0 Å². The highest BCUT2D eigenvalue weighted by Gasteiger charge is 2.07. The van der Waals surface area contributed by atoms with Gasteiger partial charge in [-0.15, -0.1) is 0 Å². The van der Waals surface area contributed by atoms with Crippen LogP contribution in [0.4, 0.5) is 0 Å². The van der Waals surface area contributed by atoms with Crippen LogP contribution in [0.15, 0.2) is 42.9 Å². The lowest BCUT2D eigenvalue weighted by Gasteiger charge is -2.15. The topological polar surface area (TPSA) is 47.0 Å². The van der Waals surface area contributed by atoms with E-state index in [0.29, 0.717) is 5.88 Å². The van der Waals surface area contributed by atoms with Gasteiger partial charge in [-0.05, 0) is 30.7 Å². The molecule has 0 saturated carbocycles. The molecule has 0 bridgehead atoms. The molecule has 0 radical (unpaired) electrons. The maximum atomic E-state index is 5.22. The highest BCUT2D eigenvalue weighted by atomic mass is 16.5. The fraction of sp³-hybridized carbons (Fsp3) is 0.286. The third-order valence-electron chi connectivity index (χ3n) is 2.85. The van der Waals surface area contributed by atoms with Crippen LogP contribution in [0.1, 0.15) is 24.1 Å². The minimum absolute atomic E-state index is 0.262. The SMILES string of the molecule is COc1ncccc1CN[C@H](C)c1ccncc1. The van der Waals surface area contributed by atoms with E-state index in [-0.39, 0.29) is 6.04 Å². The Hall–Kier alpha value is -1.94. The van der Waals surface area contributed by atoms with Gasteiger partial charge in [0.05, 0.1) is 7.11 Å². The van der Waals surface area contributed by atoms with Gasteiger partial charge >= 0.3 is 0 Å². The highest BCUT2D eigenvalue weighted by molar-refractivity contribution is 5.25. The Morgan fingerprint density at radius 3 is 2.72 bits per heavy atom. The van der Waals surface area contributed by atoms with Gasteiger partial charge in [0.2, 0.25) is 5.88 Å². The summed E-state index contributed by atoms with van der Waals surface area (Å²) in [5.41, 5.74) is 2.27. The first-order chi connectivity index (χ1) is 8.81. The number of hydrogen-bond donors (Lipinski definition) is 1. The molecule has 0 saturated heterocycles. The summed E-state index contributed by atoms with van der Waals surface area (Å²) >= 11 is 0. The van der Waals surface area contributed by atoms with Crippen molar-refractivity contribution in [2.75, 3.05) is 7.11 Å². The second-order valence-corrected chi connectivity index (χ2v) is 4.05. The summed E-state index contributed by atoms with van der Waals surface area (Å²) in [6.07, 6.45) is 5.34. The van der Waals surface area contributed by atoms with Gasteiger partial charge in [-0.25, -0.2) is 4.98 Å². The minimum atomic E-state index is 0.262. The summed E-state index contributed by atoms with van der Waals surface area (Å²) in [4.78, 5) is 8.19. The smallest absolute Gasteiger partial charge is 0.217 e. The van der Waals surface area contributed by atoms with Gasteiger partial charge in [-0.1, -0.05) is 6.07 Å². The summed E-state index contributed by atoms with van der Waals surface area (Å²) in [6.45, 7) is 2.85. The van der Waals surface area contributed by atoms with E-state index in [2.05, 4.69) is 22.2 Å². The van der Waals surface area contributed by atoms with E-state index in [0.717, 1.165) is 12.1 Å². The van der Waals surface area contributed by atoms with Gasteiger partial charge in [-0.3, -0.25) is 4.98 Å². The molecule has 94 valence electrons. The van der Waals surface area contributed by atoms with Crippen LogP contribution < -0.4 is 10.1 Å². The first-order valence-corrected chi connectivity index (χ1v) is 5.92. The number of ether oxygens (including phenoxy) is 1. The fourth-order valence-electron chi connectivity index (χ4n) is 1.78. The first kappa shape index (κ1) is 12.5. The Labute approximate surface area is 107 Å². The molecule has 4 nitrogen and oxygen atoms in total. The number of nitrogens with zero attached hydrogens (tertiary/aromatic N) is 2. The van der Waals surface area contributed by atoms with Crippen molar-refractivity contribution < 1.29 is 4.74 Å². The van der Waals surface area contributed by atoms with Crippen molar-refractivity contribution in [3.05, 3.63) is 54.0 Å². The molecule has 0 amide bonds. The number of aromatic nitrogens is 2. The number of rotatable bonds is 5. The van der Waals surface area contributed by atoms with E-state index >= 15 is 0 Å². The van der Waals surface area contributed by atoms with Crippen molar-refractivity contribution in [3.8, 4) is 5.88 Å². The average molecular weight is 243 g/mol. The highest BCUT2D eigenvalue weighted by Crippen LogP contribution is 2.16. The predicted molar refractivity (Wildman–Crippen MR) is 70.3 cm³/mol. The largest absolute Gasteiger partial charge is 0.481 e. The molecule has 2 aromatic rings. The second kappa shape index (κ2) is 6.12. The number of pyridine rings is 2. The number of nitrogens with one attached hydrogen (secondary N) is 1. The lowest BCUT2D eigenvalue weighted by molar-refractivity contribution is 0.389. The Kier molecular flexibility index (Phi) is 4.25. The Balaban J connectivity index is 1.99. The summed E-state index contributed by atoms with van der Waals surface area (Å²) in [5.74, 6) is 0.673. The zero-order valence-electron chi connectivity index (χ0n) is 10.6. The van der Waals surface area contributed by atoms with E-state index in [4.69, 9.17) is 4.74 Å². The summed E-state index contributed by atoms with van der Waals surface area (Å²) < 4.78 is 5.22. The van der Waals surface area contributed by atoms with Crippen molar-refractivity contribution in [1.29, 1.82) is 0 Å². The van der Waals surface area contributed by atoms with Crippen molar-refractivity contribution in [2.45, 2.75) is 19.5 Å². The molecule has 18 heavy (non-hydrogen) atoms. The molecule has 0 aliphatic rings. The molecular formula is C14H17N3O. The number of hydrogen-bond acceptors (Lipinski definition) is 4. The maximum absolute atomic E-state index is 5.22. The van der Waals surface area contributed by atoms with Gasteiger partial charge < -0.3 is 10.1 Å². The first-order valence-electron chi connectivity index (χ1n) is 5.92. The molecule has 2 aromatic heterocycles. The molecule has 0 aliphatic heterocycles. The molecule has 2 heterocycles. The Morgan fingerprint density at radius 1 is 1.22 bits per heavy atom. The maximum Gasteiger partial charge on any atom is 0.217 e. The minimum Gasteiger partial charge on any atom is -0.481 e. The van der Waals surface area contributed by atoms with E-state index in [9.17, 15) is 0 Å². The summed E-state index contributed by atoms with van der Waals surface area (Å²) in [5, 5.41) is 3.44. The molecule has 0 unspecified atom stereocenters. The van der Waals surface area contributed by atoms with E-state index < -0.39 is 0 Å². The molecule has 1 N–H and O–H groups in total. The van der Waals surface area contributed by atoms with Crippen molar-refractivity contribution in [1.82, 2.24) is 15.3 Å². The monoisotopic (exact) mass is 243 g/mol. The van der Waals surface area contributed by atoms with Gasteiger partial charge in [0, 0.05) is 36.7 Å². The molecule has 0 aliphatic carbocycles. The van der Waals surface area contributed by atoms with Crippen LogP contribution in [-0.4, -0.2) is 17.1 Å². The standard InChI is InChI=1S/C14H17N3O/c1-11(12-5-8-15-9-6-12)17-10-13-4-3-7-16-14(13)18-2/h3-9,11,17H,10H2,1-2H3/t11-/m1/s1. The molecule has 0 spiro atoms. The van der Waals surface area contributed by atoms with Gasteiger partial charge in [0.15, 0.2) is 0 Å². The average Bonchev–Trinajstić information content (AvgIpc) is 2.46. The van der Waals surface area contributed by atoms with Crippen LogP contribution >= 0.6 is 0 Å². The molecule has 0 fully saturated rings. The van der Waals surface area contributed by atoms with Gasteiger partial charge in [0.25, 0.3) is 0 Å². The lowest BCUT2D eigenvalue weighted by atomic mass is 10.1. The fourth-order valence-corrected chi connectivity index (χ4v) is 1.78.